The van der Waals surface area contributed by atoms with Gasteiger partial charge in [0.05, 0.1) is 16.4 Å². The van der Waals surface area contributed by atoms with Gasteiger partial charge in [0.15, 0.2) is 0 Å². The van der Waals surface area contributed by atoms with E-state index in [-0.39, 0.29) is 6.04 Å². The van der Waals surface area contributed by atoms with Crippen molar-refractivity contribution in [1.82, 2.24) is 15.0 Å². The van der Waals surface area contributed by atoms with Gasteiger partial charge in [-0.1, -0.05) is 48.5 Å². The van der Waals surface area contributed by atoms with Gasteiger partial charge in [0.1, 0.15) is 6.04 Å². The molecule has 37 heavy (non-hydrogen) atoms. The van der Waals surface area contributed by atoms with Gasteiger partial charge in [-0.05, 0) is 65.7 Å². The summed E-state index contributed by atoms with van der Waals surface area (Å²) < 4.78 is 0. The van der Waals surface area contributed by atoms with E-state index < -0.39 is 0 Å². The summed E-state index contributed by atoms with van der Waals surface area (Å²) in [5.74, 6) is 0. The Balaban J connectivity index is 1.55. The van der Waals surface area contributed by atoms with Crippen molar-refractivity contribution in [3.63, 3.8) is 0 Å². The lowest BCUT2D eigenvalue weighted by Crippen LogP contribution is -2.15. The van der Waals surface area contributed by atoms with Gasteiger partial charge in [-0.2, -0.15) is 0 Å². The molecular formula is C32H27N5. The molecule has 2 aliphatic heterocycles. The highest BCUT2D eigenvalue weighted by Crippen LogP contribution is 2.30. The largest absolute Gasteiger partial charge is 0.378 e. The first-order valence-corrected chi connectivity index (χ1v) is 12.6. The molecule has 0 amide bonds. The van der Waals surface area contributed by atoms with Gasteiger partial charge >= 0.3 is 0 Å². The lowest BCUT2D eigenvalue weighted by molar-refractivity contribution is 0.890. The number of aromatic nitrogens is 3. The molecule has 1 atom stereocenters. The van der Waals surface area contributed by atoms with Crippen LogP contribution >= 0.6 is 0 Å². The fraction of sp³-hybridized carbons (Fsp3) is 0.0938. The Morgan fingerprint density at radius 3 is 1.97 bits per heavy atom. The third-order valence-electron chi connectivity index (χ3n) is 7.20. The first-order chi connectivity index (χ1) is 18.1. The molecule has 8 bridgehead atoms. The summed E-state index contributed by atoms with van der Waals surface area (Å²) >= 11 is 0. The topological polar surface area (TPSA) is 63.0 Å². The number of benzene rings is 2. The van der Waals surface area contributed by atoms with Gasteiger partial charge in [0.2, 0.25) is 0 Å². The van der Waals surface area contributed by atoms with Crippen LogP contribution in [0.4, 0.5) is 5.69 Å². The van der Waals surface area contributed by atoms with Gasteiger partial charge in [0.25, 0.3) is 0 Å². The molecule has 0 radical (unpaired) electrons. The summed E-state index contributed by atoms with van der Waals surface area (Å²) in [7, 11) is 4.12. The average molecular weight is 482 g/mol. The Labute approximate surface area is 214 Å². The highest BCUT2D eigenvalue weighted by atomic mass is 15.1. The third kappa shape index (κ3) is 3.67. The molecule has 5 nitrogen and oxygen atoms in total. The van der Waals surface area contributed by atoms with Crippen molar-refractivity contribution in [2.24, 2.45) is 4.99 Å². The Bertz CT molecular complexity index is 1890. The molecule has 0 saturated carbocycles. The summed E-state index contributed by atoms with van der Waals surface area (Å²) in [5, 5.41) is 4.20. The monoisotopic (exact) mass is 481 g/mol. The maximum Gasteiger partial charge on any atom is 0.109 e. The number of H-pyrrole nitrogens is 3. The minimum absolute atomic E-state index is 0.0617. The van der Waals surface area contributed by atoms with Crippen LogP contribution in [0.25, 0.3) is 11.1 Å². The molecule has 3 N–H and O–H groups in total. The second-order valence-corrected chi connectivity index (χ2v) is 9.77. The molecule has 2 aliphatic rings. The molecule has 5 aromatic rings. The summed E-state index contributed by atoms with van der Waals surface area (Å²) in [6.45, 7) is 0. The molecule has 0 spiro atoms. The molecule has 2 aromatic carbocycles. The number of hydrogen-bond acceptors (Lipinski definition) is 2. The summed E-state index contributed by atoms with van der Waals surface area (Å²) in [5.41, 5.74) is 8.82. The molecule has 0 saturated heterocycles. The van der Waals surface area contributed by atoms with Crippen LogP contribution in [0.1, 0.15) is 28.6 Å². The van der Waals surface area contributed by atoms with Crippen molar-refractivity contribution in [3.8, 4) is 0 Å². The van der Waals surface area contributed by atoms with Crippen molar-refractivity contribution in [1.29, 1.82) is 0 Å². The number of fused-ring (bicyclic) bond motifs is 8. The number of aliphatic imine (C=N–C) groups is 1. The van der Waals surface area contributed by atoms with Gasteiger partial charge in [-0.25, -0.2) is 0 Å². The maximum atomic E-state index is 5.17. The standard InChI is InChI=1S/C32H27N5/c1-37(2)22-10-8-21(9-11-22)32-29-18-14-25(35-29)23-12-16-27(33-23)31(20-6-4-3-5-7-20)28-17-13-24(34-28)26-15-19-30(32)36-26/h3-19,25,33-34,36H,1-2H3/b26-24-,31-28-,32-30-. The van der Waals surface area contributed by atoms with Crippen LogP contribution in [-0.2, 0) is 0 Å². The van der Waals surface area contributed by atoms with E-state index >= 15 is 0 Å². The molecule has 0 aliphatic carbocycles. The number of nitrogens with one attached hydrogen (secondary N) is 3. The predicted octanol–water partition coefficient (Wildman–Crippen LogP) is 4.54. The third-order valence-corrected chi connectivity index (χ3v) is 7.20. The first-order valence-electron chi connectivity index (χ1n) is 12.6. The number of hydrogen-bond donors (Lipinski definition) is 3. The second kappa shape index (κ2) is 8.42. The van der Waals surface area contributed by atoms with Crippen LogP contribution in [0.2, 0.25) is 0 Å². The Kier molecular flexibility index (Phi) is 4.89. The molecule has 7 rings (SSSR count). The predicted molar refractivity (Wildman–Crippen MR) is 150 cm³/mol. The van der Waals surface area contributed by atoms with E-state index in [2.05, 4.69) is 137 Å². The molecule has 0 fully saturated rings. The Morgan fingerprint density at radius 1 is 0.622 bits per heavy atom. The fourth-order valence-electron chi connectivity index (χ4n) is 5.29. The fourth-order valence-corrected chi connectivity index (χ4v) is 5.29. The second-order valence-electron chi connectivity index (χ2n) is 9.77. The SMILES string of the molecule is CN(C)c1ccc(/C2=c3\cc/c([nH]3)=c3\cc/c([nH]3)=C(\c3ccccc3)c3ccc([nH]3)C3C=CC2=N3)cc1. The van der Waals surface area contributed by atoms with E-state index in [4.69, 9.17) is 4.99 Å². The van der Waals surface area contributed by atoms with E-state index in [1.54, 1.807) is 0 Å². The summed E-state index contributed by atoms with van der Waals surface area (Å²) in [4.78, 5) is 18.3. The van der Waals surface area contributed by atoms with Crippen LogP contribution in [-0.4, -0.2) is 34.8 Å². The highest BCUT2D eigenvalue weighted by molar-refractivity contribution is 6.29. The Morgan fingerprint density at radius 2 is 1.27 bits per heavy atom. The first kappa shape index (κ1) is 21.5. The van der Waals surface area contributed by atoms with Crippen molar-refractivity contribution in [2.45, 2.75) is 6.04 Å². The van der Waals surface area contributed by atoms with Crippen molar-refractivity contribution in [2.75, 3.05) is 19.0 Å². The summed E-state index contributed by atoms with van der Waals surface area (Å²) in [6, 6.07) is 32.0. The van der Waals surface area contributed by atoms with Crippen LogP contribution in [0.5, 0.6) is 0 Å². The van der Waals surface area contributed by atoms with Gasteiger partial charge in [0, 0.05) is 53.0 Å². The van der Waals surface area contributed by atoms with Crippen LogP contribution in [0.15, 0.2) is 108 Å². The van der Waals surface area contributed by atoms with Crippen molar-refractivity contribution in [3.05, 3.63) is 147 Å². The van der Waals surface area contributed by atoms with E-state index in [1.807, 2.05) is 0 Å². The minimum Gasteiger partial charge on any atom is -0.378 e. The smallest absolute Gasteiger partial charge is 0.109 e. The molecular weight excluding hydrogens is 454 g/mol. The van der Waals surface area contributed by atoms with E-state index in [1.165, 1.54) is 5.69 Å². The number of allylic oxidation sites excluding steroid dienone is 1. The number of anilines is 1. The summed E-state index contributed by atoms with van der Waals surface area (Å²) in [6.07, 6.45) is 4.32. The lowest BCUT2D eigenvalue weighted by atomic mass is 10.0. The van der Waals surface area contributed by atoms with Crippen molar-refractivity contribution >= 4 is 22.5 Å². The van der Waals surface area contributed by atoms with Crippen LogP contribution in [0.3, 0.4) is 0 Å². The molecule has 5 heterocycles. The minimum atomic E-state index is -0.0617. The number of nitrogens with zero attached hydrogens (tertiary/aromatic N) is 2. The zero-order valence-electron chi connectivity index (χ0n) is 20.8. The van der Waals surface area contributed by atoms with Crippen molar-refractivity contribution < 1.29 is 0 Å². The van der Waals surface area contributed by atoms with E-state index in [0.29, 0.717) is 0 Å². The lowest BCUT2D eigenvalue weighted by Gasteiger charge is -2.14. The van der Waals surface area contributed by atoms with Gasteiger partial charge in [-0.3, -0.25) is 4.99 Å². The van der Waals surface area contributed by atoms with Crippen LogP contribution in [0, 0.1) is 10.7 Å². The molecule has 3 aromatic heterocycles. The van der Waals surface area contributed by atoms with Crippen LogP contribution < -0.4 is 15.6 Å². The molecule has 180 valence electrons. The number of rotatable bonds is 3. The quantitative estimate of drug-likeness (QED) is 0.348. The van der Waals surface area contributed by atoms with E-state index in [9.17, 15) is 0 Å². The number of aromatic amines is 3. The molecule has 5 heteroatoms. The normalized spacial score (nSPS) is 19.9. The van der Waals surface area contributed by atoms with E-state index in [0.717, 1.165) is 60.8 Å². The molecule has 1 unspecified atom stereocenters. The van der Waals surface area contributed by atoms with Gasteiger partial charge in [-0.15, -0.1) is 0 Å². The average Bonchev–Trinajstić information content (AvgIpc) is 3.72. The Hall–Kier alpha value is -4.77. The zero-order chi connectivity index (χ0) is 24.9. The highest BCUT2D eigenvalue weighted by Gasteiger charge is 2.21. The zero-order valence-corrected chi connectivity index (χ0v) is 20.8. The maximum absolute atomic E-state index is 5.17. The van der Waals surface area contributed by atoms with Gasteiger partial charge < -0.3 is 19.9 Å².